The van der Waals surface area contributed by atoms with Crippen LogP contribution in [0.15, 0.2) is 0 Å². The Morgan fingerprint density at radius 3 is 2.46 bits per heavy atom. The largest absolute Gasteiger partial charge is 0.447 e. The smallest absolute Gasteiger partial charge is 0.404 e. The Bertz CT molecular complexity index is 137. The van der Waals surface area contributed by atoms with Gasteiger partial charge in [0.15, 0.2) is 0 Å². The number of carbonyl (C=O) groups is 1. The molecule has 0 aromatic heterocycles. The summed E-state index contributed by atoms with van der Waals surface area (Å²) in [7, 11) is 0. The molecule has 3 heteroatoms. The lowest BCUT2D eigenvalue weighted by Crippen LogP contribution is -2.20. The quantitative estimate of drug-likeness (QED) is 0.623. The van der Waals surface area contributed by atoms with Gasteiger partial charge in [-0.1, -0.05) is 32.6 Å². The number of amides is 1. The van der Waals surface area contributed by atoms with Gasteiger partial charge in [0.25, 0.3) is 0 Å². The Kier molecular flexibility index (Phi) is 7.45. The lowest BCUT2D eigenvalue weighted by atomic mass is 10.1. The van der Waals surface area contributed by atoms with Crippen LogP contribution in [0.1, 0.15) is 52.4 Å². The Balaban J connectivity index is 3.17. The summed E-state index contributed by atoms with van der Waals surface area (Å²) < 4.78 is 4.80. The fourth-order valence-electron chi connectivity index (χ4n) is 1.29. The maximum Gasteiger partial charge on any atom is 0.404 e. The summed E-state index contributed by atoms with van der Waals surface area (Å²) >= 11 is 0. The van der Waals surface area contributed by atoms with Gasteiger partial charge in [0.2, 0.25) is 0 Å². The highest BCUT2D eigenvalue weighted by atomic mass is 16.6. The lowest BCUT2D eigenvalue weighted by Gasteiger charge is -2.10. The normalized spacial score (nSPS) is 12.5. The Morgan fingerprint density at radius 1 is 1.31 bits per heavy atom. The number of carbonyl (C=O) groups excluding carboxylic acids is 1. The zero-order valence-corrected chi connectivity index (χ0v) is 8.71. The summed E-state index contributed by atoms with van der Waals surface area (Å²) in [5.74, 6) is 0. The third kappa shape index (κ3) is 9.18. The van der Waals surface area contributed by atoms with Gasteiger partial charge in [-0.15, -0.1) is 0 Å². The molecule has 1 amide bonds. The first kappa shape index (κ1) is 12.3. The van der Waals surface area contributed by atoms with Gasteiger partial charge in [0.05, 0.1) is 0 Å². The first-order chi connectivity index (χ1) is 6.16. The van der Waals surface area contributed by atoms with E-state index in [0.717, 1.165) is 12.8 Å². The van der Waals surface area contributed by atoms with E-state index in [-0.39, 0.29) is 6.10 Å². The maximum absolute atomic E-state index is 10.3. The molecule has 0 aliphatic carbocycles. The average molecular weight is 187 g/mol. The molecule has 0 aromatic carbocycles. The molecule has 0 radical (unpaired) electrons. The minimum atomic E-state index is -0.666. The van der Waals surface area contributed by atoms with Crippen molar-refractivity contribution in [1.29, 1.82) is 0 Å². The molecular weight excluding hydrogens is 166 g/mol. The maximum atomic E-state index is 10.3. The van der Waals surface area contributed by atoms with Crippen molar-refractivity contribution in [2.45, 2.75) is 58.5 Å². The second kappa shape index (κ2) is 7.90. The van der Waals surface area contributed by atoms with Crippen molar-refractivity contribution in [2.24, 2.45) is 5.73 Å². The van der Waals surface area contributed by atoms with E-state index in [4.69, 9.17) is 10.5 Å². The topological polar surface area (TPSA) is 52.3 Å². The van der Waals surface area contributed by atoms with Crippen molar-refractivity contribution < 1.29 is 9.53 Å². The molecule has 0 saturated heterocycles. The van der Waals surface area contributed by atoms with E-state index in [2.05, 4.69) is 6.92 Å². The van der Waals surface area contributed by atoms with Crippen LogP contribution in [0.2, 0.25) is 0 Å². The van der Waals surface area contributed by atoms with E-state index in [1.807, 2.05) is 6.92 Å². The second-order valence-corrected chi connectivity index (χ2v) is 3.45. The number of ether oxygens (including phenoxy) is 1. The standard InChI is InChI=1S/C10H21NO2/c1-3-4-5-6-7-8-9(2)13-10(11)12/h9H,3-8H2,1-2H3,(H2,11,12). The summed E-state index contributed by atoms with van der Waals surface area (Å²) in [6.07, 6.45) is 6.40. The lowest BCUT2D eigenvalue weighted by molar-refractivity contribution is 0.110. The van der Waals surface area contributed by atoms with Crippen molar-refractivity contribution in [3.8, 4) is 0 Å². The molecule has 1 atom stereocenters. The van der Waals surface area contributed by atoms with Gasteiger partial charge in [-0.25, -0.2) is 4.79 Å². The highest BCUT2D eigenvalue weighted by molar-refractivity contribution is 5.64. The number of unbranched alkanes of at least 4 members (excludes halogenated alkanes) is 4. The SMILES string of the molecule is CCCCCCCC(C)OC(N)=O. The van der Waals surface area contributed by atoms with Crippen LogP contribution in [0.4, 0.5) is 4.79 Å². The van der Waals surface area contributed by atoms with Crippen molar-refractivity contribution in [3.63, 3.8) is 0 Å². The highest BCUT2D eigenvalue weighted by Crippen LogP contribution is 2.08. The third-order valence-electron chi connectivity index (χ3n) is 2.03. The molecule has 0 saturated carbocycles. The van der Waals surface area contributed by atoms with Crippen molar-refractivity contribution in [1.82, 2.24) is 0 Å². The first-order valence-electron chi connectivity index (χ1n) is 5.13. The van der Waals surface area contributed by atoms with Crippen LogP contribution in [-0.4, -0.2) is 12.2 Å². The second-order valence-electron chi connectivity index (χ2n) is 3.45. The molecule has 2 N–H and O–H groups in total. The van der Waals surface area contributed by atoms with Gasteiger partial charge < -0.3 is 10.5 Å². The molecule has 0 bridgehead atoms. The molecule has 1 unspecified atom stereocenters. The van der Waals surface area contributed by atoms with Crippen LogP contribution in [-0.2, 0) is 4.74 Å². The van der Waals surface area contributed by atoms with Gasteiger partial charge in [-0.3, -0.25) is 0 Å². The molecule has 3 nitrogen and oxygen atoms in total. The third-order valence-corrected chi connectivity index (χ3v) is 2.03. The van der Waals surface area contributed by atoms with E-state index < -0.39 is 6.09 Å². The number of nitrogens with two attached hydrogens (primary N) is 1. The zero-order valence-electron chi connectivity index (χ0n) is 8.71. The highest BCUT2D eigenvalue weighted by Gasteiger charge is 2.04. The summed E-state index contributed by atoms with van der Waals surface area (Å²) in [6.45, 7) is 4.07. The van der Waals surface area contributed by atoms with Crippen LogP contribution in [0, 0.1) is 0 Å². The van der Waals surface area contributed by atoms with E-state index in [1.165, 1.54) is 25.7 Å². The van der Waals surface area contributed by atoms with Crippen molar-refractivity contribution >= 4 is 6.09 Å². The number of primary amides is 1. The van der Waals surface area contributed by atoms with Gasteiger partial charge >= 0.3 is 6.09 Å². The van der Waals surface area contributed by atoms with E-state index in [9.17, 15) is 4.79 Å². The van der Waals surface area contributed by atoms with Gasteiger partial charge in [0.1, 0.15) is 6.10 Å². The molecule has 0 heterocycles. The van der Waals surface area contributed by atoms with Crippen LogP contribution in [0.25, 0.3) is 0 Å². The summed E-state index contributed by atoms with van der Waals surface area (Å²) in [5.41, 5.74) is 4.88. The number of rotatable bonds is 7. The molecule has 78 valence electrons. The summed E-state index contributed by atoms with van der Waals surface area (Å²) in [6, 6.07) is 0. The minimum Gasteiger partial charge on any atom is -0.447 e. The fraction of sp³-hybridized carbons (Fsp3) is 0.900. The molecular formula is C10H21NO2. The molecule has 0 rings (SSSR count). The zero-order chi connectivity index (χ0) is 10.1. The predicted octanol–water partition coefficient (Wildman–Crippen LogP) is 2.83. The van der Waals surface area contributed by atoms with E-state index in [0.29, 0.717) is 0 Å². The van der Waals surface area contributed by atoms with Crippen LogP contribution in [0.3, 0.4) is 0 Å². The van der Waals surface area contributed by atoms with E-state index >= 15 is 0 Å². The van der Waals surface area contributed by atoms with Crippen LogP contribution < -0.4 is 5.73 Å². The van der Waals surface area contributed by atoms with Crippen molar-refractivity contribution in [2.75, 3.05) is 0 Å². The van der Waals surface area contributed by atoms with Crippen molar-refractivity contribution in [3.05, 3.63) is 0 Å². The molecule has 13 heavy (non-hydrogen) atoms. The fourth-order valence-corrected chi connectivity index (χ4v) is 1.29. The predicted molar refractivity (Wildman–Crippen MR) is 53.5 cm³/mol. The van der Waals surface area contributed by atoms with Gasteiger partial charge in [-0.05, 0) is 19.8 Å². The molecule has 0 fully saturated rings. The summed E-state index contributed by atoms with van der Waals surface area (Å²) in [5, 5.41) is 0. The Hall–Kier alpha value is -0.730. The number of hydrogen-bond acceptors (Lipinski definition) is 2. The Morgan fingerprint density at radius 2 is 1.92 bits per heavy atom. The van der Waals surface area contributed by atoms with Gasteiger partial charge in [0, 0.05) is 0 Å². The molecule has 0 aliphatic rings. The molecule has 0 aromatic rings. The Labute approximate surface area is 80.6 Å². The summed E-state index contributed by atoms with van der Waals surface area (Å²) in [4.78, 5) is 10.3. The molecule has 0 spiro atoms. The van der Waals surface area contributed by atoms with Gasteiger partial charge in [-0.2, -0.15) is 0 Å². The monoisotopic (exact) mass is 187 g/mol. The minimum absolute atomic E-state index is 0.0286. The first-order valence-corrected chi connectivity index (χ1v) is 5.13. The molecule has 0 aliphatic heterocycles. The van der Waals surface area contributed by atoms with E-state index in [1.54, 1.807) is 0 Å². The van der Waals surface area contributed by atoms with Crippen LogP contribution in [0.5, 0.6) is 0 Å². The van der Waals surface area contributed by atoms with Crippen LogP contribution >= 0.6 is 0 Å². The number of hydrogen-bond donors (Lipinski definition) is 1. The average Bonchev–Trinajstić information content (AvgIpc) is 2.02.